The molecular weight excluding hydrogens is 378 g/mol. The van der Waals surface area contributed by atoms with Gasteiger partial charge in [-0.2, -0.15) is 0 Å². The van der Waals surface area contributed by atoms with Gasteiger partial charge in [0.1, 0.15) is 5.76 Å². The first kappa shape index (κ1) is 19.9. The Morgan fingerprint density at radius 2 is 1.93 bits per heavy atom. The number of anilines is 1. The Kier molecular flexibility index (Phi) is 5.77. The molecule has 3 rings (SSSR count). The maximum absolute atomic E-state index is 12.4. The molecule has 1 amide bonds. The Morgan fingerprint density at radius 1 is 1.21 bits per heavy atom. The van der Waals surface area contributed by atoms with E-state index in [0.717, 1.165) is 11.5 Å². The Bertz CT molecular complexity index is 1040. The summed E-state index contributed by atoms with van der Waals surface area (Å²) in [6, 6.07) is 10.7. The van der Waals surface area contributed by atoms with E-state index in [2.05, 4.69) is 5.32 Å². The van der Waals surface area contributed by atoms with Crippen molar-refractivity contribution < 1.29 is 23.7 Å². The summed E-state index contributed by atoms with van der Waals surface area (Å²) in [4.78, 5) is 34.5. The second-order valence-corrected chi connectivity index (χ2v) is 6.38. The van der Waals surface area contributed by atoms with Crippen LogP contribution in [0.2, 0.25) is 0 Å². The molecule has 0 atom stereocenters. The van der Waals surface area contributed by atoms with Gasteiger partial charge in [-0.25, -0.2) is 4.79 Å². The van der Waals surface area contributed by atoms with Gasteiger partial charge < -0.3 is 19.0 Å². The van der Waals surface area contributed by atoms with Gasteiger partial charge in [0.25, 0.3) is 11.6 Å². The summed E-state index contributed by atoms with van der Waals surface area (Å²) in [6.07, 6.45) is 1.59. The third kappa shape index (κ3) is 4.70. The maximum atomic E-state index is 12.4. The van der Waals surface area contributed by atoms with Crippen LogP contribution in [0.3, 0.4) is 0 Å². The van der Waals surface area contributed by atoms with Gasteiger partial charge in [-0.05, 0) is 44.2 Å². The number of amides is 1. The molecule has 9 heteroatoms. The highest BCUT2D eigenvalue weighted by molar-refractivity contribution is 5.96. The molecule has 0 saturated carbocycles. The van der Waals surface area contributed by atoms with E-state index in [1.165, 1.54) is 24.3 Å². The number of hydrogen-bond donors (Lipinski definition) is 1. The average Bonchev–Trinajstić information content (AvgIpc) is 3.30. The number of nitrogens with one attached hydrogen (secondary N) is 1. The summed E-state index contributed by atoms with van der Waals surface area (Å²) in [5.41, 5.74) is 2.23. The number of rotatable bonds is 7. The number of carbonyl (C=O) groups excluding carboxylic acids is 2. The van der Waals surface area contributed by atoms with E-state index in [-0.39, 0.29) is 5.69 Å². The lowest BCUT2D eigenvalue weighted by atomic mass is 10.2. The number of ether oxygens (including phenoxy) is 1. The number of esters is 1. The van der Waals surface area contributed by atoms with E-state index in [9.17, 15) is 19.7 Å². The largest absolute Gasteiger partial charge is 0.467 e. The molecule has 0 aliphatic carbocycles. The first-order valence-electron chi connectivity index (χ1n) is 8.75. The van der Waals surface area contributed by atoms with E-state index >= 15 is 0 Å². The molecule has 0 saturated heterocycles. The van der Waals surface area contributed by atoms with Crippen molar-refractivity contribution >= 4 is 23.3 Å². The summed E-state index contributed by atoms with van der Waals surface area (Å²) in [7, 11) is 0. The third-order valence-corrected chi connectivity index (χ3v) is 4.38. The van der Waals surface area contributed by atoms with Crippen LogP contribution in [0.15, 0.2) is 53.1 Å². The van der Waals surface area contributed by atoms with Crippen molar-refractivity contribution in [3.05, 3.63) is 81.6 Å². The minimum Gasteiger partial charge on any atom is -0.467 e. The van der Waals surface area contributed by atoms with Crippen LogP contribution in [0.25, 0.3) is 0 Å². The summed E-state index contributed by atoms with van der Waals surface area (Å²) in [5.74, 6) is -0.395. The average molecular weight is 397 g/mol. The SMILES string of the molecule is Cc1cc(C(=O)OCC(=O)Nc2ccc([N+](=O)[O-])cc2)c(C)n1Cc1ccco1. The number of aromatic nitrogens is 1. The molecular formula is C20H19N3O6. The van der Waals surface area contributed by atoms with Gasteiger partial charge in [0.05, 0.1) is 23.3 Å². The minimum absolute atomic E-state index is 0.0840. The molecule has 3 aromatic rings. The summed E-state index contributed by atoms with van der Waals surface area (Å²) < 4.78 is 12.4. The standard InChI is InChI=1S/C20H19N3O6/c1-13-10-18(14(2)22(13)11-17-4-3-9-28-17)20(25)29-12-19(24)21-15-5-7-16(8-6-15)23(26)27/h3-10H,11-12H2,1-2H3,(H,21,24). The Hall–Kier alpha value is -3.88. The molecule has 150 valence electrons. The fraction of sp³-hybridized carbons (Fsp3) is 0.200. The molecule has 0 unspecified atom stereocenters. The third-order valence-electron chi connectivity index (χ3n) is 4.38. The second-order valence-electron chi connectivity index (χ2n) is 6.38. The number of nitro benzene ring substituents is 1. The Morgan fingerprint density at radius 3 is 2.55 bits per heavy atom. The Balaban J connectivity index is 1.59. The van der Waals surface area contributed by atoms with Gasteiger partial charge in [0.2, 0.25) is 0 Å². The zero-order chi connectivity index (χ0) is 21.0. The first-order valence-corrected chi connectivity index (χ1v) is 8.75. The number of non-ortho nitro benzene ring substituents is 1. The minimum atomic E-state index is -0.609. The molecule has 0 spiro atoms. The predicted molar refractivity (Wildman–Crippen MR) is 104 cm³/mol. The summed E-state index contributed by atoms with van der Waals surface area (Å²) in [5, 5.41) is 13.2. The highest BCUT2D eigenvalue weighted by Gasteiger charge is 2.19. The van der Waals surface area contributed by atoms with E-state index < -0.39 is 23.4 Å². The van der Waals surface area contributed by atoms with Crippen molar-refractivity contribution in [2.24, 2.45) is 0 Å². The van der Waals surface area contributed by atoms with E-state index in [4.69, 9.17) is 9.15 Å². The number of aryl methyl sites for hydroxylation is 1. The zero-order valence-electron chi connectivity index (χ0n) is 15.9. The number of carbonyl (C=O) groups is 2. The Labute approximate surface area is 166 Å². The van der Waals surface area contributed by atoms with Crippen molar-refractivity contribution in [3.63, 3.8) is 0 Å². The number of nitrogens with zero attached hydrogens (tertiary/aromatic N) is 2. The smallest absolute Gasteiger partial charge is 0.340 e. The van der Waals surface area contributed by atoms with Crippen LogP contribution in [0, 0.1) is 24.0 Å². The van der Waals surface area contributed by atoms with Gasteiger partial charge in [0.15, 0.2) is 6.61 Å². The van der Waals surface area contributed by atoms with Gasteiger partial charge >= 0.3 is 5.97 Å². The number of hydrogen-bond acceptors (Lipinski definition) is 6. The topological polar surface area (TPSA) is 117 Å². The molecule has 2 heterocycles. The lowest BCUT2D eigenvalue weighted by molar-refractivity contribution is -0.384. The van der Waals surface area contributed by atoms with Crippen LogP contribution in [0.4, 0.5) is 11.4 Å². The molecule has 2 aromatic heterocycles. The van der Waals surface area contributed by atoms with Crippen molar-refractivity contribution in [2.45, 2.75) is 20.4 Å². The van der Waals surface area contributed by atoms with Crippen molar-refractivity contribution in [1.29, 1.82) is 0 Å². The molecule has 1 N–H and O–H groups in total. The van der Waals surface area contributed by atoms with Gasteiger partial charge in [-0.15, -0.1) is 0 Å². The van der Waals surface area contributed by atoms with Crippen LogP contribution in [0.5, 0.6) is 0 Å². The molecule has 0 aliphatic heterocycles. The lowest BCUT2D eigenvalue weighted by Crippen LogP contribution is -2.21. The zero-order valence-corrected chi connectivity index (χ0v) is 15.9. The van der Waals surface area contributed by atoms with E-state index in [1.807, 2.05) is 17.6 Å². The number of benzene rings is 1. The fourth-order valence-electron chi connectivity index (χ4n) is 2.88. The predicted octanol–water partition coefficient (Wildman–Crippen LogP) is 3.45. The molecule has 0 radical (unpaired) electrons. The number of furan rings is 1. The molecule has 0 bridgehead atoms. The van der Waals surface area contributed by atoms with Gasteiger partial charge in [-0.1, -0.05) is 0 Å². The van der Waals surface area contributed by atoms with Crippen LogP contribution in [-0.4, -0.2) is 28.0 Å². The first-order chi connectivity index (χ1) is 13.8. The maximum Gasteiger partial charge on any atom is 0.340 e. The second kappa shape index (κ2) is 8.42. The quantitative estimate of drug-likeness (QED) is 0.371. The molecule has 29 heavy (non-hydrogen) atoms. The molecule has 0 aliphatic rings. The van der Waals surface area contributed by atoms with E-state index in [1.54, 1.807) is 25.3 Å². The van der Waals surface area contributed by atoms with Crippen LogP contribution >= 0.6 is 0 Å². The lowest BCUT2D eigenvalue weighted by Gasteiger charge is -2.08. The highest BCUT2D eigenvalue weighted by atomic mass is 16.6. The highest BCUT2D eigenvalue weighted by Crippen LogP contribution is 2.19. The number of nitro groups is 1. The summed E-state index contributed by atoms with van der Waals surface area (Å²) in [6.45, 7) is 3.67. The van der Waals surface area contributed by atoms with E-state index in [0.29, 0.717) is 23.5 Å². The molecule has 1 aromatic carbocycles. The van der Waals surface area contributed by atoms with Crippen molar-refractivity contribution in [1.82, 2.24) is 4.57 Å². The summed E-state index contributed by atoms with van der Waals surface area (Å²) >= 11 is 0. The van der Waals surface area contributed by atoms with Gasteiger partial charge in [0, 0.05) is 29.2 Å². The van der Waals surface area contributed by atoms with Crippen molar-refractivity contribution in [2.75, 3.05) is 11.9 Å². The fourth-order valence-corrected chi connectivity index (χ4v) is 2.88. The monoisotopic (exact) mass is 397 g/mol. The molecule has 0 fully saturated rings. The van der Waals surface area contributed by atoms with Gasteiger partial charge in [-0.3, -0.25) is 14.9 Å². The van der Waals surface area contributed by atoms with Crippen LogP contribution in [0.1, 0.15) is 27.5 Å². The van der Waals surface area contributed by atoms with Crippen LogP contribution < -0.4 is 5.32 Å². The molecule has 9 nitrogen and oxygen atoms in total. The van der Waals surface area contributed by atoms with Crippen molar-refractivity contribution in [3.8, 4) is 0 Å². The normalized spacial score (nSPS) is 10.6. The van der Waals surface area contributed by atoms with Crippen LogP contribution in [-0.2, 0) is 16.1 Å².